The highest BCUT2D eigenvalue weighted by Gasteiger charge is 2.57. The Balaban J connectivity index is 1.71. The summed E-state index contributed by atoms with van der Waals surface area (Å²) in [5, 5.41) is 4.06. The Morgan fingerprint density at radius 1 is 1.40 bits per heavy atom. The molecule has 1 aromatic carbocycles. The third-order valence-corrected chi connectivity index (χ3v) is 5.63. The molecule has 3 rings (SSSR count). The summed E-state index contributed by atoms with van der Waals surface area (Å²) >= 11 is 3.50. The molecule has 1 N–H and O–H groups in total. The molecule has 20 heavy (non-hydrogen) atoms. The van der Waals surface area contributed by atoms with Crippen LogP contribution in [0.5, 0.6) is 0 Å². The number of alkyl halides is 1. The van der Waals surface area contributed by atoms with Gasteiger partial charge in [-0.15, -0.1) is 0 Å². The normalized spacial score (nSPS) is 28.5. The lowest BCUT2D eigenvalue weighted by Gasteiger charge is -2.20. The summed E-state index contributed by atoms with van der Waals surface area (Å²) in [5.41, 5.74) is 2.87. The summed E-state index contributed by atoms with van der Waals surface area (Å²) in [6, 6.07) is 8.87. The van der Waals surface area contributed by atoms with Crippen molar-refractivity contribution in [3.63, 3.8) is 0 Å². The SMILES string of the molecule is CC(C)C(CBr)NC(=O)C1C2CCc3ccccc3C21. The van der Waals surface area contributed by atoms with Crippen LogP contribution in [-0.2, 0) is 11.2 Å². The summed E-state index contributed by atoms with van der Waals surface area (Å²) < 4.78 is 0. The maximum Gasteiger partial charge on any atom is 0.224 e. The smallest absolute Gasteiger partial charge is 0.224 e. The van der Waals surface area contributed by atoms with Crippen LogP contribution < -0.4 is 5.32 Å². The van der Waals surface area contributed by atoms with E-state index in [9.17, 15) is 4.79 Å². The third kappa shape index (κ3) is 2.41. The first-order valence-electron chi connectivity index (χ1n) is 7.57. The van der Waals surface area contributed by atoms with Crippen LogP contribution in [0.1, 0.15) is 37.3 Å². The molecule has 0 bridgehead atoms. The van der Waals surface area contributed by atoms with E-state index >= 15 is 0 Å². The Morgan fingerprint density at radius 2 is 2.15 bits per heavy atom. The number of benzene rings is 1. The Morgan fingerprint density at radius 3 is 2.85 bits per heavy atom. The molecule has 2 aliphatic carbocycles. The maximum atomic E-state index is 12.5. The zero-order chi connectivity index (χ0) is 14.3. The number of rotatable bonds is 4. The third-order valence-electron chi connectivity index (χ3n) is 4.93. The Bertz CT molecular complexity index is 513. The molecule has 0 spiro atoms. The molecular formula is C17H22BrNO. The van der Waals surface area contributed by atoms with Gasteiger partial charge >= 0.3 is 0 Å². The number of halogens is 1. The van der Waals surface area contributed by atoms with Crippen LogP contribution in [-0.4, -0.2) is 17.3 Å². The number of carbonyl (C=O) groups is 1. The van der Waals surface area contributed by atoms with Crippen molar-refractivity contribution in [2.24, 2.45) is 17.8 Å². The minimum Gasteiger partial charge on any atom is -0.352 e. The average molecular weight is 336 g/mol. The zero-order valence-corrected chi connectivity index (χ0v) is 13.7. The van der Waals surface area contributed by atoms with Gasteiger partial charge in [0.05, 0.1) is 0 Å². The van der Waals surface area contributed by atoms with Gasteiger partial charge in [-0.2, -0.15) is 0 Å². The first kappa shape index (κ1) is 14.1. The van der Waals surface area contributed by atoms with Crippen molar-refractivity contribution in [3.8, 4) is 0 Å². The van der Waals surface area contributed by atoms with Gasteiger partial charge in [0.1, 0.15) is 0 Å². The standard InChI is InChI=1S/C17H22BrNO/c1-10(2)14(9-18)19-17(20)16-13-8-7-11-5-3-4-6-12(11)15(13)16/h3-6,10,13-16H,7-9H2,1-2H3,(H,19,20). The van der Waals surface area contributed by atoms with Gasteiger partial charge in [0.15, 0.2) is 0 Å². The summed E-state index contributed by atoms with van der Waals surface area (Å²) in [5.74, 6) is 1.98. The van der Waals surface area contributed by atoms with Gasteiger partial charge < -0.3 is 5.32 Å². The van der Waals surface area contributed by atoms with E-state index in [0.29, 0.717) is 17.8 Å². The molecule has 1 fully saturated rings. The number of aryl methyl sites for hydroxylation is 1. The van der Waals surface area contributed by atoms with Crippen molar-refractivity contribution in [1.82, 2.24) is 5.32 Å². The number of fused-ring (bicyclic) bond motifs is 3. The first-order valence-corrected chi connectivity index (χ1v) is 8.69. The maximum absolute atomic E-state index is 12.5. The molecule has 0 saturated heterocycles. The van der Waals surface area contributed by atoms with Gasteiger partial charge in [0.2, 0.25) is 5.91 Å². The van der Waals surface area contributed by atoms with E-state index in [2.05, 4.69) is 59.4 Å². The lowest BCUT2D eigenvalue weighted by atomic mass is 9.92. The second-order valence-corrected chi connectivity index (χ2v) is 7.11. The van der Waals surface area contributed by atoms with Crippen molar-refractivity contribution >= 4 is 21.8 Å². The van der Waals surface area contributed by atoms with Crippen LogP contribution in [0.3, 0.4) is 0 Å². The van der Waals surface area contributed by atoms with Crippen LogP contribution in [0, 0.1) is 17.8 Å². The molecule has 3 heteroatoms. The van der Waals surface area contributed by atoms with Gasteiger partial charge in [0.25, 0.3) is 0 Å². The van der Waals surface area contributed by atoms with Crippen LogP contribution >= 0.6 is 15.9 Å². The fourth-order valence-corrected chi connectivity index (χ4v) is 4.50. The second kappa shape index (κ2) is 5.51. The fraction of sp³-hybridized carbons (Fsp3) is 0.588. The van der Waals surface area contributed by atoms with E-state index in [0.717, 1.165) is 11.8 Å². The lowest BCUT2D eigenvalue weighted by Crippen LogP contribution is -2.41. The highest BCUT2D eigenvalue weighted by Crippen LogP contribution is 2.59. The molecule has 2 nitrogen and oxygen atoms in total. The predicted octanol–water partition coefficient (Wildman–Crippen LogP) is 3.50. The molecule has 0 radical (unpaired) electrons. The number of hydrogen-bond donors (Lipinski definition) is 1. The first-order chi connectivity index (χ1) is 9.63. The highest BCUT2D eigenvalue weighted by molar-refractivity contribution is 9.09. The van der Waals surface area contributed by atoms with Crippen molar-refractivity contribution in [1.29, 1.82) is 0 Å². The van der Waals surface area contributed by atoms with Gasteiger partial charge in [-0.1, -0.05) is 54.0 Å². The Hall–Kier alpha value is -0.830. The highest BCUT2D eigenvalue weighted by atomic mass is 79.9. The molecule has 0 aromatic heterocycles. The Labute approximate surface area is 129 Å². The van der Waals surface area contributed by atoms with E-state index in [1.807, 2.05) is 0 Å². The molecule has 4 unspecified atom stereocenters. The minimum atomic E-state index is 0.207. The Kier molecular flexibility index (Phi) is 3.89. The van der Waals surface area contributed by atoms with Gasteiger partial charge in [0, 0.05) is 17.3 Å². The largest absolute Gasteiger partial charge is 0.352 e. The molecule has 4 atom stereocenters. The van der Waals surface area contributed by atoms with E-state index in [1.54, 1.807) is 0 Å². The number of nitrogens with one attached hydrogen (secondary N) is 1. The van der Waals surface area contributed by atoms with Crippen molar-refractivity contribution < 1.29 is 4.79 Å². The van der Waals surface area contributed by atoms with Crippen molar-refractivity contribution in [3.05, 3.63) is 35.4 Å². The summed E-state index contributed by atoms with van der Waals surface area (Å²) in [4.78, 5) is 12.5. The molecule has 108 valence electrons. The number of amides is 1. The second-order valence-electron chi connectivity index (χ2n) is 6.47. The monoisotopic (exact) mass is 335 g/mol. The van der Waals surface area contributed by atoms with Gasteiger partial charge in [-0.25, -0.2) is 0 Å². The van der Waals surface area contributed by atoms with Gasteiger partial charge in [-0.05, 0) is 41.7 Å². The summed E-state index contributed by atoms with van der Waals surface area (Å²) in [7, 11) is 0. The summed E-state index contributed by atoms with van der Waals surface area (Å²) in [6.45, 7) is 4.31. The van der Waals surface area contributed by atoms with Crippen LogP contribution in [0.15, 0.2) is 24.3 Å². The number of hydrogen-bond acceptors (Lipinski definition) is 1. The van der Waals surface area contributed by atoms with Crippen LogP contribution in [0.25, 0.3) is 0 Å². The van der Waals surface area contributed by atoms with Crippen molar-refractivity contribution in [2.75, 3.05) is 5.33 Å². The molecule has 1 saturated carbocycles. The predicted molar refractivity (Wildman–Crippen MR) is 85.0 cm³/mol. The van der Waals surface area contributed by atoms with E-state index in [-0.39, 0.29) is 17.9 Å². The molecule has 0 aliphatic heterocycles. The van der Waals surface area contributed by atoms with Crippen molar-refractivity contribution in [2.45, 2.75) is 38.6 Å². The fourth-order valence-electron chi connectivity index (χ4n) is 3.59. The molecule has 2 aliphatic rings. The molecule has 1 aromatic rings. The number of carbonyl (C=O) groups excluding carboxylic acids is 1. The summed E-state index contributed by atoms with van der Waals surface area (Å²) in [6.07, 6.45) is 2.30. The van der Waals surface area contributed by atoms with E-state index in [4.69, 9.17) is 0 Å². The molecule has 1 amide bonds. The minimum absolute atomic E-state index is 0.207. The average Bonchev–Trinajstić information content (AvgIpc) is 3.19. The zero-order valence-electron chi connectivity index (χ0n) is 12.1. The van der Waals surface area contributed by atoms with Gasteiger partial charge in [-0.3, -0.25) is 4.79 Å². The topological polar surface area (TPSA) is 29.1 Å². The van der Waals surface area contributed by atoms with E-state index < -0.39 is 0 Å². The van der Waals surface area contributed by atoms with E-state index in [1.165, 1.54) is 17.5 Å². The van der Waals surface area contributed by atoms with Crippen LogP contribution in [0.4, 0.5) is 0 Å². The molecule has 0 heterocycles. The molecular weight excluding hydrogens is 314 g/mol. The van der Waals surface area contributed by atoms with Crippen LogP contribution in [0.2, 0.25) is 0 Å². The lowest BCUT2D eigenvalue weighted by molar-refractivity contribution is -0.123. The quantitative estimate of drug-likeness (QED) is 0.838.